The van der Waals surface area contributed by atoms with Crippen LogP contribution in [0.15, 0.2) is 52.1 Å². The SMILES string of the molecule is CC(=O)c1cccc(NC(=O)[C@H](C)Sc2nnc(-c3ccc(C)c(C)c3)o2)c1. The van der Waals surface area contributed by atoms with Crippen molar-refractivity contribution < 1.29 is 14.0 Å². The van der Waals surface area contributed by atoms with E-state index in [0.717, 1.165) is 11.1 Å². The zero-order chi connectivity index (χ0) is 20.3. The Morgan fingerprint density at radius 3 is 2.57 bits per heavy atom. The number of carbonyl (C=O) groups excluding carboxylic acids is 2. The predicted molar refractivity (Wildman–Crippen MR) is 110 cm³/mol. The highest BCUT2D eigenvalue weighted by Crippen LogP contribution is 2.27. The van der Waals surface area contributed by atoms with E-state index < -0.39 is 5.25 Å². The molecule has 0 aliphatic rings. The second-order valence-corrected chi connectivity index (χ2v) is 7.85. The Bertz CT molecular complexity index is 1030. The van der Waals surface area contributed by atoms with Crippen LogP contribution in [0.5, 0.6) is 0 Å². The van der Waals surface area contributed by atoms with Crippen molar-refractivity contribution in [2.45, 2.75) is 38.2 Å². The Kier molecular flexibility index (Phi) is 5.94. The van der Waals surface area contributed by atoms with Gasteiger partial charge in [0.05, 0.1) is 5.25 Å². The topological polar surface area (TPSA) is 85.1 Å². The van der Waals surface area contributed by atoms with Gasteiger partial charge in [-0.2, -0.15) is 0 Å². The molecule has 0 unspecified atom stereocenters. The molecule has 1 N–H and O–H groups in total. The first-order valence-corrected chi connectivity index (χ1v) is 9.71. The molecule has 0 fully saturated rings. The van der Waals surface area contributed by atoms with Gasteiger partial charge in [-0.15, -0.1) is 10.2 Å². The second kappa shape index (κ2) is 8.39. The van der Waals surface area contributed by atoms with Crippen molar-refractivity contribution in [3.8, 4) is 11.5 Å². The molecule has 0 aliphatic carbocycles. The van der Waals surface area contributed by atoms with E-state index >= 15 is 0 Å². The third-order valence-electron chi connectivity index (χ3n) is 4.34. The molecular weight excluding hydrogens is 374 g/mol. The smallest absolute Gasteiger partial charge is 0.277 e. The van der Waals surface area contributed by atoms with Crippen LogP contribution in [0.4, 0.5) is 5.69 Å². The summed E-state index contributed by atoms with van der Waals surface area (Å²) in [5.74, 6) is 0.159. The van der Waals surface area contributed by atoms with Crippen LogP contribution in [0, 0.1) is 13.8 Å². The number of ketones is 1. The monoisotopic (exact) mass is 395 g/mol. The molecule has 3 rings (SSSR count). The van der Waals surface area contributed by atoms with Crippen molar-refractivity contribution in [2.24, 2.45) is 0 Å². The third-order valence-corrected chi connectivity index (χ3v) is 5.28. The standard InChI is InChI=1S/C21H21N3O3S/c1-12-8-9-17(10-13(12)2)20-23-24-21(27-20)28-15(4)19(26)22-18-7-5-6-16(11-18)14(3)25/h5-11,15H,1-4H3,(H,22,26)/t15-/m0/s1. The quantitative estimate of drug-likeness (QED) is 0.482. The molecule has 2 aromatic carbocycles. The molecule has 144 valence electrons. The fourth-order valence-electron chi connectivity index (χ4n) is 2.51. The number of Topliss-reactive ketones (excluding diaryl/α,β-unsaturated/α-hetero) is 1. The molecule has 0 radical (unpaired) electrons. The van der Waals surface area contributed by atoms with E-state index in [1.807, 2.05) is 32.0 Å². The van der Waals surface area contributed by atoms with Crippen LogP contribution < -0.4 is 5.32 Å². The van der Waals surface area contributed by atoms with E-state index in [2.05, 4.69) is 15.5 Å². The summed E-state index contributed by atoms with van der Waals surface area (Å²) in [6.07, 6.45) is 0. The van der Waals surface area contributed by atoms with E-state index in [9.17, 15) is 9.59 Å². The molecule has 0 spiro atoms. The van der Waals surface area contributed by atoms with Gasteiger partial charge >= 0.3 is 0 Å². The number of aromatic nitrogens is 2. The Morgan fingerprint density at radius 1 is 1.07 bits per heavy atom. The number of carbonyl (C=O) groups is 2. The highest BCUT2D eigenvalue weighted by Gasteiger charge is 2.19. The van der Waals surface area contributed by atoms with Crippen molar-refractivity contribution in [2.75, 3.05) is 5.32 Å². The van der Waals surface area contributed by atoms with Gasteiger partial charge in [0.25, 0.3) is 5.22 Å². The first kappa shape index (κ1) is 19.8. The lowest BCUT2D eigenvalue weighted by atomic mass is 10.1. The molecule has 1 atom stereocenters. The lowest BCUT2D eigenvalue weighted by Crippen LogP contribution is -2.22. The van der Waals surface area contributed by atoms with Crippen LogP contribution in [-0.2, 0) is 4.79 Å². The van der Waals surface area contributed by atoms with Gasteiger partial charge in [0.15, 0.2) is 5.78 Å². The van der Waals surface area contributed by atoms with Crippen molar-refractivity contribution in [3.05, 3.63) is 59.2 Å². The molecule has 0 saturated carbocycles. The minimum Gasteiger partial charge on any atom is -0.411 e. The zero-order valence-electron chi connectivity index (χ0n) is 16.1. The summed E-state index contributed by atoms with van der Waals surface area (Å²) in [6.45, 7) is 7.32. The van der Waals surface area contributed by atoms with Crippen LogP contribution in [0.25, 0.3) is 11.5 Å². The molecule has 0 bridgehead atoms. The van der Waals surface area contributed by atoms with E-state index in [0.29, 0.717) is 22.4 Å². The summed E-state index contributed by atoms with van der Waals surface area (Å²) in [5.41, 5.74) is 4.31. The molecule has 1 aromatic heterocycles. The number of benzene rings is 2. The number of nitrogens with one attached hydrogen (secondary N) is 1. The molecule has 1 heterocycles. The van der Waals surface area contributed by atoms with Crippen LogP contribution >= 0.6 is 11.8 Å². The summed E-state index contributed by atoms with van der Waals surface area (Å²) in [4.78, 5) is 23.9. The minimum atomic E-state index is -0.450. The largest absolute Gasteiger partial charge is 0.411 e. The number of hydrogen-bond acceptors (Lipinski definition) is 6. The summed E-state index contributed by atoms with van der Waals surface area (Å²) < 4.78 is 5.70. The van der Waals surface area contributed by atoms with Gasteiger partial charge < -0.3 is 9.73 Å². The maximum atomic E-state index is 12.5. The number of amides is 1. The van der Waals surface area contributed by atoms with Gasteiger partial charge in [-0.05, 0) is 63.1 Å². The van der Waals surface area contributed by atoms with E-state index in [1.54, 1.807) is 31.2 Å². The fourth-order valence-corrected chi connectivity index (χ4v) is 3.20. The van der Waals surface area contributed by atoms with E-state index in [-0.39, 0.29) is 11.7 Å². The van der Waals surface area contributed by atoms with Gasteiger partial charge in [-0.3, -0.25) is 9.59 Å². The molecular formula is C21H21N3O3S. The number of anilines is 1. The Labute approximate surface area is 167 Å². The van der Waals surface area contributed by atoms with Gasteiger partial charge in [0.1, 0.15) is 0 Å². The molecule has 3 aromatic rings. The van der Waals surface area contributed by atoms with Crippen LogP contribution in [-0.4, -0.2) is 27.1 Å². The number of nitrogens with zero attached hydrogens (tertiary/aromatic N) is 2. The lowest BCUT2D eigenvalue weighted by molar-refractivity contribution is -0.115. The fraction of sp³-hybridized carbons (Fsp3) is 0.238. The lowest BCUT2D eigenvalue weighted by Gasteiger charge is -2.10. The van der Waals surface area contributed by atoms with Gasteiger partial charge in [-0.1, -0.05) is 30.0 Å². The van der Waals surface area contributed by atoms with Crippen molar-refractivity contribution in [1.29, 1.82) is 0 Å². The third kappa shape index (κ3) is 4.67. The molecule has 28 heavy (non-hydrogen) atoms. The van der Waals surface area contributed by atoms with Crippen LogP contribution in [0.3, 0.4) is 0 Å². The number of aryl methyl sites for hydroxylation is 2. The summed E-state index contributed by atoms with van der Waals surface area (Å²) >= 11 is 1.19. The van der Waals surface area contributed by atoms with Crippen LogP contribution in [0.2, 0.25) is 0 Å². The first-order valence-electron chi connectivity index (χ1n) is 8.83. The maximum Gasteiger partial charge on any atom is 0.277 e. The van der Waals surface area contributed by atoms with Crippen molar-refractivity contribution in [1.82, 2.24) is 10.2 Å². The first-order chi connectivity index (χ1) is 13.3. The Hall–Kier alpha value is -2.93. The zero-order valence-corrected chi connectivity index (χ0v) is 17.0. The summed E-state index contributed by atoms with van der Waals surface area (Å²) in [6, 6.07) is 12.8. The van der Waals surface area contributed by atoms with Gasteiger partial charge in [-0.25, -0.2) is 0 Å². The molecule has 0 saturated heterocycles. The van der Waals surface area contributed by atoms with E-state index in [1.165, 1.54) is 24.2 Å². The average Bonchev–Trinajstić information content (AvgIpc) is 3.12. The predicted octanol–water partition coefficient (Wildman–Crippen LogP) is 4.68. The average molecular weight is 395 g/mol. The van der Waals surface area contributed by atoms with Crippen molar-refractivity contribution >= 4 is 29.1 Å². The molecule has 6 nitrogen and oxygen atoms in total. The van der Waals surface area contributed by atoms with Gasteiger partial charge in [0.2, 0.25) is 11.8 Å². The molecule has 7 heteroatoms. The number of rotatable bonds is 6. The summed E-state index contributed by atoms with van der Waals surface area (Å²) in [5, 5.41) is 10.8. The van der Waals surface area contributed by atoms with Gasteiger partial charge in [0, 0.05) is 16.8 Å². The highest BCUT2D eigenvalue weighted by atomic mass is 32.2. The number of thioether (sulfide) groups is 1. The Balaban J connectivity index is 1.66. The molecule has 1 amide bonds. The molecule has 0 aliphatic heterocycles. The minimum absolute atomic E-state index is 0.0525. The maximum absolute atomic E-state index is 12.5. The normalized spacial score (nSPS) is 11.9. The van der Waals surface area contributed by atoms with Crippen molar-refractivity contribution in [3.63, 3.8) is 0 Å². The second-order valence-electron chi connectivity index (χ2n) is 6.56. The Morgan fingerprint density at radius 2 is 1.86 bits per heavy atom. The van der Waals surface area contributed by atoms with Crippen LogP contribution in [0.1, 0.15) is 35.3 Å². The highest BCUT2D eigenvalue weighted by molar-refractivity contribution is 8.00. The number of hydrogen-bond donors (Lipinski definition) is 1. The van der Waals surface area contributed by atoms with E-state index in [4.69, 9.17) is 4.42 Å². The summed E-state index contributed by atoms with van der Waals surface area (Å²) in [7, 11) is 0.